The maximum absolute atomic E-state index is 14.0. The van der Waals surface area contributed by atoms with E-state index in [0.29, 0.717) is 30.1 Å². The number of amides is 2. The van der Waals surface area contributed by atoms with Crippen molar-refractivity contribution in [3.63, 3.8) is 0 Å². The summed E-state index contributed by atoms with van der Waals surface area (Å²) < 4.78 is 17.4. The van der Waals surface area contributed by atoms with Crippen LogP contribution in [0.15, 0.2) is 109 Å². The van der Waals surface area contributed by atoms with Crippen molar-refractivity contribution >= 4 is 12.0 Å². The Balaban J connectivity index is 1.39. The number of rotatable bonds is 10. The molecule has 4 aromatic rings. The van der Waals surface area contributed by atoms with Crippen LogP contribution in [0.1, 0.15) is 49.1 Å². The fraction of sp³-hybridized carbons (Fsp3) is 0.278. The number of ether oxygens (including phenoxy) is 3. The smallest absolute Gasteiger partial charge is 0.417 e. The fourth-order valence-corrected chi connectivity index (χ4v) is 5.01. The molecule has 1 fully saturated rings. The number of cyclic esters (lactones) is 1. The van der Waals surface area contributed by atoms with E-state index in [-0.39, 0.29) is 12.0 Å². The van der Waals surface area contributed by atoms with Crippen LogP contribution in [-0.4, -0.2) is 40.8 Å². The van der Waals surface area contributed by atoms with Gasteiger partial charge in [-0.2, -0.15) is 0 Å². The van der Waals surface area contributed by atoms with E-state index in [2.05, 4.69) is 20.8 Å². The zero-order valence-electron chi connectivity index (χ0n) is 24.7. The number of hydrogen-bond acceptors (Lipinski definition) is 6. The largest absolute Gasteiger partial charge is 0.489 e. The Labute approximate surface area is 252 Å². The Morgan fingerprint density at radius 1 is 0.860 bits per heavy atom. The Bertz CT molecular complexity index is 1500. The summed E-state index contributed by atoms with van der Waals surface area (Å²) in [6.45, 7) is 6.79. The minimum atomic E-state index is -1.40. The quantitative estimate of drug-likeness (QED) is 0.227. The number of benzene rings is 4. The van der Waals surface area contributed by atoms with Crippen molar-refractivity contribution in [2.45, 2.75) is 57.5 Å². The molecule has 1 N–H and O–H groups in total. The third kappa shape index (κ3) is 7.43. The highest BCUT2D eigenvalue weighted by Crippen LogP contribution is 2.30. The molecular weight excluding hydrogens is 542 g/mol. The predicted molar refractivity (Wildman–Crippen MR) is 164 cm³/mol. The van der Waals surface area contributed by atoms with E-state index in [9.17, 15) is 14.7 Å². The van der Waals surface area contributed by atoms with Gasteiger partial charge in [-0.3, -0.25) is 4.79 Å². The van der Waals surface area contributed by atoms with Gasteiger partial charge >= 0.3 is 6.09 Å². The topological polar surface area (TPSA) is 85.3 Å². The average molecular weight is 580 g/mol. The number of nitrogens with zero attached hydrogens (tertiary/aromatic N) is 1. The minimum absolute atomic E-state index is 0.0655. The van der Waals surface area contributed by atoms with Crippen molar-refractivity contribution in [3.8, 4) is 11.5 Å². The monoisotopic (exact) mass is 579 g/mol. The summed E-state index contributed by atoms with van der Waals surface area (Å²) in [5.41, 5.74) is 3.47. The van der Waals surface area contributed by atoms with Gasteiger partial charge in [-0.1, -0.05) is 106 Å². The van der Waals surface area contributed by atoms with Crippen LogP contribution in [0.4, 0.5) is 4.79 Å². The van der Waals surface area contributed by atoms with Gasteiger partial charge in [0.2, 0.25) is 6.10 Å². The highest BCUT2D eigenvalue weighted by Gasteiger charge is 2.44. The van der Waals surface area contributed by atoms with Crippen molar-refractivity contribution in [1.29, 1.82) is 0 Å². The summed E-state index contributed by atoms with van der Waals surface area (Å²) in [6, 6.07) is 33.2. The Hall–Kier alpha value is -4.62. The van der Waals surface area contributed by atoms with Crippen LogP contribution in [0, 0.1) is 0 Å². The molecule has 0 aromatic heterocycles. The lowest BCUT2D eigenvalue weighted by molar-refractivity contribution is -0.142. The molecule has 0 aliphatic carbocycles. The van der Waals surface area contributed by atoms with Crippen molar-refractivity contribution in [2.24, 2.45) is 0 Å². The van der Waals surface area contributed by atoms with Crippen molar-refractivity contribution < 1.29 is 28.9 Å². The third-order valence-corrected chi connectivity index (χ3v) is 7.50. The van der Waals surface area contributed by atoms with E-state index >= 15 is 0 Å². The van der Waals surface area contributed by atoms with Crippen LogP contribution >= 0.6 is 0 Å². The second-order valence-corrected chi connectivity index (χ2v) is 11.7. The Morgan fingerprint density at radius 2 is 1.44 bits per heavy atom. The molecule has 7 heteroatoms. The Morgan fingerprint density at radius 3 is 2.05 bits per heavy atom. The first-order valence-corrected chi connectivity index (χ1v) is 14.4. The Kier molecular flexibility index (Phi) is 9.12. The highest BCUT2D eigenvalue weighted by atomic mass is 16.6. The van der Waals surface area contributed by atoms with Gasteiger partial charge in [0.05, 0.1) is 6.04 Å². The molecule has 2 amide bonds. The molecule has 222 valence electrons. The van der Waals surface area contributed by atoms with Gasteiger partial charge in [0.25, 0.3) is 5.91 Å². The van der Waals surface area contributed by atoms with Gasteiger partial charge in [-0.25, -0.2) is 9.69 Å². The molecule has 7 nitrogen and oxygen atoms in total. The van der Waals surface area contributed by atoms with Gasteiger partial charge in [-0.05, 0) is 58.4 Å². The first-order valence-electron chi connectivity index (χ1n) is 14.4. The van der Waals surface area contributed by atoms with Crippen LogP contribution in [-0.2, 0) is 28.0 Å². The molecule has 1 aliphatic rings. The lowest BCUT2D eigenvalue weighted by atomic mass is 9.87. The average Bonchev–Trinajstić information content (AvgIpc) is 3.38. The number of imide groups is 1. The predicted octanol–water partition coefficient (Wildman–Crippen LogP) is 6.63. The molecule has 1 aliphatic heterocycles. The van der Waals surface area contributed by atoms with E-state index in [1.807, 2.05) is 72.8 Å². The molecule has 5 rings (SSSR count). The lowest BCUT2D eigenvalue weighted by Gasteiger charge is -2.29. The highest BCUT2D eigenvalue weighted by molar-refractivity contribution is 5.96. The molecule has 43 heavy (non-hydrogen) atoms. The minimum Gasteiger partial charge on any atom is -0.489 e. The van der Waals surface area contributed by atoms with Gasteiger partial charge < -0.3 is 19.3 Å². The molecule has 1 unspecified atom stereocenters. The zero-order chi connectivity index (χ0) is 30.4. The van der Waals surface area contributed by atoms with Crippen LogP contribution < -0.4 is 9.47 Å². The molecule has 0 radical (unpaired) electrons. The van der Waals surface area contributed by atoms with Gasteiger partial charge in [0, 0.05) is 0 Å². The van der Waals surface area contributed by atoms with Crippen molar-refractivity contribution in [1.82, 2.24) is 4.90 Å². The third-order valence-electron chi connectivity index (χ3n) is 7.50. The first-order chi connectivity index (χ1) is 20.7. The fourth-order valence-electron chi connectivity index (χ4n) is 5.01. The number of hydrogen-bond donors (Lipinski definition) is 1. The summed E-state index contributed by atoms with van der Waals surface area (Å²) in [6.07, 6.45) is -3.10. The second kappa shape index (κ2) is 13.1. The van der Waals surface area contributed by atoms with Crippen molar-refractivity contribution in [2.75, 3.05) is 6.61 Å². The molecule has 1 heterocycles. The second-order valence-electron chi connectivity index (χ2n) is 11.7. The van der Waals surface area contributed by atoms with E-state index in [1.165, 1.54) is 0 Å². The molecule has 1 saturated heterocycles. The van der Waals surface area contributed by atoms with E-state index in [0.717, 1.165) is 21.6 Å². The number of aliphatic hydroxyl groups excluding tert-OH is 1. The number of carbonyl (C=O) groups excluding carboxylic acids is 2. The molecular formula is C36H37NO6. The number of aliphatic hydroxyl groups is 1. The van der Waals surface area contributed by atoms with Crippen LogP contribution in [0.2, 0.25) is 0 Å². The summed E-state index contributed by atoms with van der Waals surface area (Å²) in [5, 5.41) is 11.6. The van der Waals surface area contributed by atoms with Gasteiger partial charge in [-0.15, -0.1) is 0 Å². The molecule has 4 aromatic carbocycles. The first kappa shape index (κ1) is 29.9. The maximum Gasteiger partial charge on any atom is 0.417 e. The lowest BCUT2D eigenvalue weighted by Crippen LogP contribution is -2.49. The molecule has 0 saturated carbocycles. The van der Waals surface area contributed by atoms with E-state index < -0.39 is 30.3 Å². The van der Waals surface area contributed by atoms with Crippen molar-refractivity contribution in [3.05, 3.63) is 131 Å². The molecule has 0 bridgehead atoms. The van der Waals surface area contributed by atoms with E-state index in [1.54, 1.807) is 36.4 Å². The van der Waals surface area contributed by atoms with Crippen LogP contribution in [0.25, 0.3) is 0 Å². The number of carbonyl (C=O) groups is 2. The zero-order valence-corrected chi connectivity index (χ0v) is 24.7. The summed E-state index contributed by atoms with van der Waals surface area (Å²) in [7, 11) is 0. The van der Waals surface area contributed by atoms with E-state index in [4.69, 9.17) is 14.2 Å². The molecule has 3 atom stereocenters. The normalized spacial score (nSPS) is 16.3. The summed E-state index contributed by atoms with van der Waals surface area (Å²) in [5.74, 6) is 0.355. The van der Waals surface area contributed by atoms with Crippen LogP contribution in [0.3, 0.4) is 0 Å². The SMILES string of the molecule is CC(C)(C)c1ccc(O[C@H](C(=O)N2C(=O)OCC2Cc2ccccc2)[C@H](O)c2ccc(OCc3ccccc3)cc2)cc1. The molecule has 0 spiro atoms. The summed E-state index contributed by atoms with van der Waals surface area (Å²) in [4.78, 5) is 28.0. The van der Waals surface area contributed by atoms with Crippen LogP contribution in [0.5, 0.6) is 11.5 Å². The van der Waals surface area contributed by atoms with Gasteiger partial charge in [0.15, 0.2) is 0 Å². The standard InChI is InChI=1S/C36H37NO6/c1-36(2,3)28-16-20-31(21-17-28)43-33(34(39)37-29(24-42-35(37)40)22-25-10-6-4-7-11-25)32(38)27-14-18-30(19-15-27)41-23-26-12-8-5-9-13-26/h4-21,29,32-33,38H,22-24H2,1-3H3/t29?,32-,33+/m1/s1. The summed E-state index contributed by atoms with van der Waals surface area (Å²) >= 11 is 0. The van der Waals surface area contributed by atoms with Gasteiger partial charge in [0.1, 0.15) is 30.8 Å². The maximum atomic E-state index is 14.0.